The van der Waals surface area contributed by atoms with Gasteiger partial charge in [-0.3, -0.25) is 4.57 Å². The highest BCUT2D eigenvalue weighted by Crippen LogP contribution is 2.37. The van der Waals surface area contributed by atoms with Crippen LogP contribution in [-0.2, 0) is 10.5 Å². The SMILES string of the molecule is C=C(C)CCNc1ncnc2c1ncn2[C@]1(C)O[C@H](CO)[C@@H](O)[C@H]1O. The Labute approximate surface area is 145 Å². The highest BCUT2D eigenvalue weighted by molar-refractivity contribution is 5.82. The predicted molar refractivity (Wildman–Crippen MR) is 90.9 cm³/mol. The third-order valence-electron chi connectivity index (χ3n) is 4.48. The van der Waals surface area contributed by atoms with Gasteiger partial charge in [-0.1, -0.05) is 5.57 Å². The van der Waals surface area contributed by atoms with Crippen molar-refractivity contribution in [2.45, 2.75) is 44.3 Å². The lowest BCUT2D eigenvalue weighted by molar-refractivity contribution is -0.132. The predicted octanol–water partition coefficient (Wildman–Crippen LogP) is -0.0100. The maximum absolute atomic E-state index is 10.4. The Hall–Kier alpha value is -2.07. The van der Waals surface area contributed by atoms with E-state index in [0.717, 1.165) is 12.0 Å². The maximum Gasteiger partial charge on any atom is 0.173 e. The van der Waals surface area contributed by atoms with E-state index in [-0.39, 0.29) is 0 Å². The fourth-order valence-corrected chi connectivity index (χ4v) is 2.99. The van der Waals surface area contributed by atoms with Crippen molar-refractivity contribution in [1.82, 2.24) is 19.5 Å². The molecule has 0 saturated carbocycles. The fourth-order valence-electron chi connectivity index (χ4n) is 2.99. The van der Waals surface area contributed by atoms with E-state index >= 15 is 0 Å². The summed E-state index contributed by atoms with van der Waals surface area (Å²) in [6, 6.07) is 0. The molecule has 9 nitrogen and oxygen atoms in total. The molecule has 0 amide bonds. The van der Waals surface area contributed by atoms with Crippen molar-refractivity contribution in [3.8, 4) is 0 Å². The molecular weight excluding hydrogens is 326 g/mol. The molecule has 0 unspecified atom stereocenters. The van der Waals surface area contributed by atoms with E-state index in [2.05, 4.69) is 26.8 Å². The molecule has 1 aliphatic heterocycles. The maximum atomic E-state index is 10.4. The van der Waals surface area contributed by atoms with Gasteiger partial charge < -0.3 is 25.4 Å². The molecule has 0 aliphatic carbocycles. The van der Waals surface area contributed by atoms with Gasteiger partial charge in [0.05, 0.1) is 12.9 Å². The Morgan fingerprint density at radius 3 is 2.80 bits per heavy atom. The quantitative estimate of drug-likeness (QED) is 0.537. The molecule has 2 aromatic heterocycles. The largest absolute Gasteiger partial charge is 0.394 e. The molecule has 0 spiro atoms. The number of rotatable bonds is 6. The number of imidazole rings is 1. The Kier molecular flexibility index (Phi) is 4.74. The van der Waals surface area contributed by atoms with Crippen molar-refractivity contribution in [3.05, 3.63) is 24.8 Å². The van der Waals surface area contributed by atoms with E-state index in [4.69, 9.17) is 4.74 Å². The van der Waals surface area contributed by atoms with Gasteiger partial charge in [0.15, 0.2) is 22.7 Å². The summed E-state index contributed by atoms with van der Waals surface area (Å²) < 4.78 is 7.26. The van der Waals surface area contributed by atoms with E-state index in [1.54, 1.807) is 11.5 Å². The molecule has 1 fully saturated rings. The number of nitrogens with zero attached hydrogens (tertiary/aromatic N) is 4. The van der Waals surface area contributed by atoms with Gasteiger partial charge in [-0.2, -0.15) is 0 Å². The molecule has 3 heterocycles. The highest BCUT2D eigenvalue weighted by Gasteiger charge is 2.52. The number of hydrogen-bond donors (Lipinski definition) is 4. The van der Waals surface area contributed by atoms with Crippen LogP contribution in [0.15, 0.2) is 24.8 Å². The summed E-state index contributed by atoms with van der Waals surface area (Å²) in [5.74, 6) is 0.570. The Balaban J connectivity index is 1.95. The number of hydrogen-bond acceptors (Lipinski definition) is 8. The third kappa shape index (κ3) is 2.99. The number of ether oxygens (including phenoxy) is 1. The number of anilines is 1. The van der Waals surface area contributed by atoms with Gasteiger partial charge in [-0.15, -0.1) is 6.58 Å². The molecule has 4 N–H and O–H groups in total. The summed E-state index contributed by atoms with van der Waals surface area (Å²) in [7, 11) is 0. The van der Waals surface area contributed by atoms with Crippen molar-refractivity contribution in [2.75, 3.05) is 18.5 Å². The van der Waals surface area contributed by atoms with Crippen molar-refractivity contribution in [2.24, 2.45) is 0 Å². The van der Waals surface area contributed by atoms with E-state index < -0.39 is 30.6 Å². The van der Waals surface area contributed by atoms with Crippen LogP contribution in [-0.4, -0.2) is 66.3 Å². The monoisotopic (exact) mass is 349 g/mol. The summed E-state index contributed by atoms with van der Waals surface area (Å²) in [4.78, 5) is 12.8. The molecule has 0 radical (unpaired) electrons. The third-order valence-corrected chi connectivity index (χ3v) is 4.48. The molecule has 0 bridgehead atoms. The molecular formula is C16H23N5O4. The summed E-state index contributed by atoms with van der Waals surface area (Å²) in [5, 5.41) is 33.0. The first-order chi connectivity index (χ1) is 11.9. The smallest absolute Gasteiger partial charge is 0.173 e. The minimum Gasteiger partial charge on any atom is -0.394 e. The van der Waals surface area contributed by atoms with Crippen LogP contribution in [0.5, 0.6) is 0 Å². The van der Waals surface area contributed by atoms with Crippen LogP contribution >= 0.6 is 0 Å². The molecule has 4 atom stereocenters. The van der Waals surface area contributed by atoms with Crippen LogP contribution in [0.2, 0.25) is 0 Å². The molecule has 1 saturated heterocycles. The van der Waals surface area contributed by atoms with E-state index in [1.807, 2.05) is 6.92 Å². The van der Waals surface area contributed by atoms with Crippen LogP contribution in [0.25, 0.3) is 11.2 Å². The summed E-state index contributed by atoms with van der Waals surface area (Å²) in [6.45, 7) is 7.70. The molecule has 136 valence electrons. The van der Waals surface area contributed by atoms with Crippen LogP contribution in [0.4, 0.5) is 5.82 Å². The normalized spacial score (nSPS) is 29.2. The zero-order valence-electron chi connectivity index (χ0n) is 14.3. The highest BCUT2D eigenvalue weighted by atomic mass is 16.6. The Bertz CT molecular complexity index is 779. The number of aliphatic hydroxyl groups excluding tert-OH is 3. The lowest BCUT2D eigenvalue weighted by atomic mass is 10.0. The van der Waals surface area contributed by atoms with E-state index in [9.17, 15) is 15.3 Å². The lowest BCUT2D eigenvalue weighted by Gasteiger charge is -2.29. The van der Waals surface area contributed by atoms with Crippen LogP contribution in [0.3, 0.4) is 0 Å². The van der Waals surface area contributed by atoms with E-state index in [1.165, 1.54) is 12.7 Å². The van der Waals surface area contributed by atoms with Gasteiger partial charge in [0.2, 0.25) is 0 Å². The summed E-state index contributed by atoms with van der Waals surface area (Å²) in [5.41, 5.74) is 0.746. The van der Waals surface area contributed by atoms with Gasteiger partial charge >= 0.3 is 0 Å². The molecule has 0 aromatic carbocycles. The Morgan fingerprint density at radius 2 is 2.16 bits per heavy atom. The first-order valence-corrected chi connectivity index (χ1v) is 8.10. The standard InChI is InChI=1S/C16H23N5O4/c1-9(2)4-5-17-14-11-15(19-7-18-14)21(8-20-11)16(3)13(24)12(23)10(6-22)25-16/h7-8,10,12-13,22-24H,1,4-6H2,2-3H3,(H,17,18,19)/t10-,12-,13-,16-/m1/s1. The van der Waals surface area contributed by atoms with Gasteiger partial charge in [0.25, 0.3) is 0 Å². The molecule has 25 heavy (non-hydrogen) atoms. The number of fused-ring (bicyclic) bond motifs is 1. The summed E-state index contributed by atoms with van der Waals surface area (Å²) in [6.07, 6.45) is 0.357. The van der Waals surface area contributed by atoms with Crippen LogP contribution in [0.1, 0.15) is 20.3 Å². The minimum absolute atomic E-state index is 0.400. The average Bonchev–Trinajstić information content (AvgIpc) is 3.11. The van der Waals surface area contributed by atoms with Gasteiger partial charge in [-0.25, -0.2) is 15.0 Å². The number of aliphatic hydroxyl groups is 3. The lowest BCUT2D eigenvalue weighted by Crippen LogP contribution is -2.43. The molecule has 2 aromatic rings. The zero-order chi connectivity index (χ0) is 18.2. The van der Waals surface area contributed by atoms with Crippen molar-refractivity contribution in [3.63, 3.8) is 0 Å². The number of nitrogens with one attached hydrogen (secondary N) is 1. The van der Waals surface area contributed by atoms with Crippen LogP contribution < -0.4 is 5.32 Å². The second kappa shape index (κ2) is 6.68. The van der Waals surface area contributed by atoms with Crippen molar-refractivity contribution in [1.29, 1.82) is 0 Å². The summed E-state index contributed by atoms with van der Waals surface area (Å²) >= 11 is 0. The zero-order valence-corrected chi connectivity index (χ0v) is 14.3. The second-order valence-electron chi connectivity index (χ2n) is 6.47. The van der Waals surface area contributed by atoms with Crippen molar-refractivity contribution < 1.29 is 20.1 Å². The first kappa shape index (κ1) is 17.7. The van der Waals surface area contributed by atoms with E-state index in [0.29, 0.717) is 23.5 Å². The van der Waals surface area contributed by atoms with Crippen molar-refractivity contribution >= 4 is 17.0 Å². The van der Waals surface area contributed by atoms with Gasteiger partial charge in [0.1, 0.15) is 24.6 Å². The topological polar surface area (TPSA) is 126 Å². The number of aromatic nitrogens is 4. The Morgan fingerprint density at radius 1 is 1.40 bits per heavy atom. The first-order valence-electron chi connectivity index (χ1n) is 8.10. The second-order valence-corrected chi connectivity index (χ2v) is 6.47. The average molecular weight is 349 g/mol. The fraction of sp³-hybridized carbons (Fsp3) is 0.562. The molecule has 9 heteroatoms. The van der Waals surface area contributed by atoms with Gasteiger partial charge in [0, 0.05) is 6.54 Å². The molecule has 3 rings (SSSR count). The van der Waals surface area contributed by atoms with Crippen LogP contribution in [0, 0.1) is 0 Å². The molecule has 1 aliphatic rings. The van der Waals surface area contributed by atoms with Gasteiger partial charge in [-0.05, 0) is 20.3 Å². The minimum atomic E-state index is -1.30.